The first-order valence-corrected chi connectivity index (χ1v) is 12.9. The van der Waals surface area contributed by atoms with Crippen LogP contribution in [0, 0.1) is 5.41 Å². The monoisotopic (exact) mass is 435 g/mol. The number of hydrogen-bond donors (Lipinski definition) is 1. The van der Waals surface area contributed by atoms with Crippen LogP contribution in [0.1, 0.15) is 70.4 Å². The maximum Gasteiger partial charge on any atom is 0.0388 e. The Bertz CT molecular complexity index is 1170. The minimum Gasteiger partial charge on any atom is -0.359 e. The van der Waals surface area contributed by atoms with Gasteiger partial charge in [0.2, 0.25) is 0 Å². The zero-order valence-electron chi connectivity index (χ0n) is 20.5. The van der Waals surface area contributed by atoms with Crippen molar-refractivity contribution in [2.45, 2.75) is 72.1 Å². The van der Waals surface area contributed by atoms with E-state index in [1.54, 1.807) is 5.57 Å². The molecule has 0 spiro atoms. The predicted molar refractivity (Wildman–Crippen MR) is 142 cm³/mol. The number of nitrogens with one attached hydrogen (secondary N) is 1. The van der Waals surface area contributed by atoms with Crippen LogP contribution < -0.4 is 5.32 Å². The van der Waals surface area contributed by atoms with Gasteiger partial charge in [-0.15, -0.1) is 0 Å². The second kappa shape index (κ2) is 9.21. The second-order valence-electron chi connectivity index (χ2n) is 10.2. The van der Waals surface area contributed by atoms with Crippen molar-refractivity contribution in [1.29, 1.82) is 0 Å². The van der Waals surface area contributed by atoms with Crippen molar-refractivity contribution in [3.05, 3.63) is 100 Å². The smallest absolute Gasteiger partial charge is 0.0388 e. The molecule has 0 bridgehead atoms. The summed E-state index contributed by atoms with van der Waals surface area (Å²) in [5.74, 6) is 0. The molecule has 0 radical (unpaired) electrons. The van der Waals surface area contributed by atoms with Gasteiger partial charge >= 0.3 is 0 Å². The molecule has 0 aliphatic heterocycles. The molecule has 1 nitrogen and oxygen atoms in total. The molecule has 2 aromatic rings. The molecule has 1 heteroatoms. The highest BCUT2D eigenvalue weighted by atomic mass is 14.9. The van der Waals surface area contributed by atoms with Gasteiger partial charge in [0, 0.05) is 11.4 Å². The topological polar surface area (TPSA) is 12.0 Å². The third-order valence-electron chi connectivity index (χ3n) is 8.42. The molecule has 5 rings (SSSR count). The molecule has 0 saturated carbocycles. The summed E-state index contributed by atoms with van der Waals surface area (Å²) in [6.45, 7) is 7.08. The summed E-state index contributed by atoms with van der Waals surface area (Å²) in [4.78, 5) is 0. The zero-order valence-corrected chi connectivity index (χ0v) is 20.5. The number of fused-ring (bicyclic) bond motifs is 1. The Morgan fingerprint density at radius 2 is 1.42 bits per heavy atom. The van der Waals surface area contributed by atoms with Crippen LogP contribution in [0.4, 0.5) is 5.69 Å². The Balaban J connectivity index is 1.28. The Labute approximate surface area is 200 Å². The Morgan fingerprint density at radius 1 is 0.697 bits per heavy atom. The van der Waals surface area contributed by atoms with E-state index in [0.29, 0.717) is 5.41 Å². The van der Waals surface area contributed by atoms with Gasteiger partial charge in [0.25, 0.3) is 0 Å². The highest BCUT2D eigenvalue weighted by molar-refractivity contribution is 5.70. The maximum absolute atomic E-state index is 3.68. The normalized spacial score (nSPS) is 17.8. The number of anilines is 1. The summed E-state index contributed by atoms with van der Waals surface area (Å²) in [6, 6.07) is 15.8. The van der Waals surface area contributed by atoms with E-state index in [4.69, 9.17) is 0 Å². The predicted octanol–water partition coefficient (Wildman–Crippen LogP) is 8.94. The lowest BCUT2D eigenvalue weighted by Crippen LogP contribution is -2.18. The second-order valence-corrected chi connectivity index (χ2v) is 10.2. The molecule has 3 aliphatic rings. The van der Waals surface area contributed by atoms with Gasteiger partial charge < -0.3 is 5.32 Å². The molecule has 0 aromatic heterocycles. The molecule has 0 heterocycles. The van der Waals surface area contributed by atoms with Crippen molar-refractivity contribution in [3.8, 4) is 11.1 Å². The van der Waals surface area contributed by atoms with Crippen molar-refractivity contribution >= 4 is 5.69 Å². The van der Waals surface area contributed by atoms with E-state index in [1.807, 2.05) is 0 Å². The molecular weight excluding hydrogens is 398 g/mol. The number of benzene rings is 2. The van der Waals surface area contributed by atoms with E-state index in [0.717, 1.165) is 12.8 Å². The number of aryl methyl sites for hydroxylation is 2. The lowest BCUT2D eigenvalue weighted by molar-refractivity contribution is 0.354. The third kappa shape index (κ3) is 4.51. The van der Waals surface area contributed by atoms with E-state index >= 15 is 0 Å². The van der Waals surface area contributed by atoms with Crippen LogP contribution in [0.3, 0.4) is 0 Å². The molecule has 2 aromatic carbocycles. The largest absolute Gasteiger partial charge is 0.359 e. The quantitative estimate of drug-likeness (QED) is 0.457. The highest BCUT2D eigenvalue weighted by Gasteiger charge is 2.26. The van der Waals surface area contributed by atoms with Crippen molar-refractivity contribution in [3.63, 3.8) is 0 Å². The molecule has 0 saturated heterocycles. The molecule has 0 fully saturated rings. The standard InChI is InChI=1S/C32H37N/c1-4-32(3,5-2)29-17-13-23(14-18-29)24-15-19-30(20-16-24)33-31-8-6-7-26(22-31)28-12-10-25-9-11-27(25)21-28/h6-8,10,12-13,15,17,19,21-22,33H,4-5,9,11,14,16,18,20H2,1-3H3. The molecule has 3 aliphatic carbocycles. The van der Waals surface area contributed by atoms with Gasteiger partial charge in [0.1, 0.15) is 0 Å². The van der Waals surface area contributed by atoms with E-state index < -0.39 is 0 Å². The van der Waals surface area contributed by atoms with Crippen LogP contribution in [-0.2, 0) is 12.8 Å². The molecular formula is C32H37N. The van der Waals surface area contributed by atoms with Gasteiger partial charge in [-0.1, -0.05) is 74.9 Å². The fourth-order valence-corrected chi connectivity index (χ4v) is 5.46. The van der Waals surface area contributed by atoms with Crippen molar-refractivity contribution < 1.29 is 0 Å². The van der Waals surface area contributed by atoms with Crippen molar-refractivity contribution in [2.24, 2.45) is 5.41 Å². The summed E-state index contributed by atoms with van der Waals surface area (Å²) >= 11 is 0. The van der Waals surface area contributed by atoms with Crippen molar-refractivity contribution in [1.82, 2.24) is 0 Å². The lowest BCUT2D eigenvalue weighted by atomic mass is 9.73. The fraction of sp³-hybridized carbons (Fsp3) is 0.375. The van der Waals surface area contributed by atoms with E-state index in [-0.39, 0.29) is 0 Å². The van der Waals surface area contributed by atoms with Gasteiger partial charge in [-0.05, 0) is 108 Å². The van der Waals surface area contributed by atoms with Gasteiger partial charge in [0.15, 0.2) is 0 Å². The van der Waals surface area contributed by atoms with Crippen LogP contribution in [0.5, 0.6) is 0 Å². The first kappa shape index (κ1) is 22.0. The molecule has 0 unspecified atom stereocenters. The zero-order chi connectivity index (χ0) is 22.8. The summed E-state index contributed by atoms with van der Waals surface area (Å²) in [7, 11) is 0. The maximum atomic E-state index is 3.68. The molecule has 33 heavy (non-hydrogen) atoms. The minimum atomic E-state index is 0.370. The number of hydrogen-bond acceptors (Lipinski definition) is 1. The lowest BCUT2D eigenvalue weighted by Gasteiger charge is -2.32. The molecule has 170 valence electrons. The first-order chi connectivity index (χ1) is 16.1. The first-order valence-electron chi connectivity index (χ1n) is 12.9. The Kier molecular flexibility index (Phi) is 6.15. The Morgan fingerprint density at radius 3 is 2.03 bits per heavy atom. The van der Waals surface area contributed by atoms with Gasteiger partial charge in [-0.3, -0.25) is 0 Å². The summed E-state index contributed by atoms with van der Waals surface area (Å²) in [6.07, 6.45) is 19.0. The molecule has 0 atom stereocenters. The third-order valence-corrected chi connectivity index (χ3v) is 8.42. The highest BCUT2D eigenvalue weighted by Crippen LogP contribution is 2.41. The van der Waals surface area contributed by atoms with Gasteiger partial charge in [-0.25, -0.2) is 0 Å². The van der Waals surface area contributed by atoms with Crippen LogP contribution in [0.15, 0.2) is 89.2 Å². The SMILES string of the molecule is CCC(C)(CC)C1=CC=C(C2=CC=C(Nc3cccc(-c4ccc5c(c4)CC5)c3)CC2)CC1. The average molecular weight is 436 g/mol. The average Bonchev–Trinajstić information content (AvgIpc) is 2.85. The molecule has 1 N–H and O–H groups in total. The number of allylic oxidation sites excluding steroid dienone is 8. The van der Waals surface area contributed by atoms with Crippen LogP contribution in [0.2, 0.25) is 0 Å². The molecule has 0 amide bonds. The van der Waals surface area contributed by atoms with E-state index in [2.05, 4.69) is 92.9 Å². The van der Waals surface area contributed by atoms with Crippen LogP contribution in [0.25, 0.3) is 11.1 Å². The van der Waals surface area contributed by atoms with Gasteiger partial charge in [-0.2, -0.15) is 0 Å². The summed E-state index contributed by atoms with van der Waals surface area (Å²) in [5, 5.41) is 3.68. The van der Waals surface area contributed by atoms with Crippen LogP contribution in [-0.4, -0.2) is 0 Å². The fourth-order valence-electron chi connectivity index (χ4n) is 5.46. The Hall–Kier alpha value is -2.80. The number of rotatable bonds is 7. The van der Waals surface area contributed by atoms with Crippen LogP contribution >= 0.6 is 0 Å². The van der Waals surface area contributed by atoms with Gasteiger partial charge in [0.05, 0.1) is 0 Å². The van der Waals surface area contributed by atoms with Crippen molar-refractivity contribution in [2.75, 3.05) is 5.32 Å². The summed E-state index contributed by atoms with van der Waals surface area (Å²) < 4.78 is 0. The minimum absolute atomic E-state index is 0.370. The van der Waals surface area contributed by atoms with E-state index in [9.17, 15) is 0 Å². The van der Waals surface area contributed by atoms with E-state index in [1.165, 1.54) is 83.3 Å². The summed E-state index contributed by atoms with van der Waals surface area (Å²) in [5.41, 5.74) is 13.2.